The van der Waals surface area contributed by atoms with Crippen LogP contribution >= 0.6 is 15.9 Å². The molecule has 1 aliphatic heterocycles. The number of fused-ring (bicyclic) bond motifs is 3. The highest BCUT2D eigenvalue weighted by atomic mass is 79.9. The SMILES string of the molecule is COc1ccc(Br)cc1[C@@H]1Nc2ccc(C(F)(F)F)cc2[C@@H]2C=CC[C@@H]21. The van der Waals surface area contributed by atoms with Crippen LogP contribution in [0.25, 0.3) is 0 Å². The van der Waals surface area contributed by atoms with Crippen LogP contribution < -0.4 is 10.1 Å². The smallest absolute Gasteiger partial charge is 0.416 e. The normalized spacial score (nSPS) is 24.0. The third-order valence-corrected chi connectivity index (χ3v) is 5.71. The molecular weight excluding hydrogens is 407 g/mol. The molecule has 4 rings (SSSR count). The summed E-state index contributed by atoms with van der Waals surface area (Å²) >= 11 is 3.50. The molecule has 1 N–H and O–H groups in total. The van der Waals surface area contributed by atoms with Gasteiger partial charge in [0.1, 0.15) is 5.75 Å². The molecule has 6 heteroatoms. The number of allylic oxidation sites excluding steroid dienone is 2. The number of halogens is 4. The summed E-state index contributed by atoms with van der Waals surface area (Å²) in [6, 6.07) is 9.76. The molecule has 0 spiro atoms. The summed E-state index contributed by atoms with van der Waals surface area (Å²) in [6.45, 7) is 0. The van der Waals surface area contributed by atoms with Gasteiger partial charge in [0.05, 0.1) is 18.7 Å². The van der Waals surface area contributed by atoms with Gasteiger partial charge in [-0.2, -0.15) is 13.2 Å². The first-order chi connectivity index (χ1) is 12.4. The van der Waals surface area contributed by atoms with E-state index in [9.17, 15) is 13.2 Å². The lowest BCUT2D eigenvalue weighted by molar-refractivity contribution is -0.137. The van der Waals surface area contributed by atoms with Crippen molar-refractivity contribution in [1.29, 1.82) is 0 Å². The van der Waals surface area contributed by atoms with Crippen LogP contribution in [0, 0.1) is 5.92 Å². The predicted octanol–water partition coefficient (Wildman–Crippen LogP) is 6.30. The largest absolute Gasteiger partial charge is 0.496 e. The summed E-state index contributed by atoms with van der Waals surface area (Å²) in [5.41, 5.74) is 1.86. The lowest BCUT2D eigenvalue weighted by Gasteiger charge is -2.38. The highest BCUT2D eigenvalue weighted by Gasteiger charge is 2.40. The Morgan fingerprint density at radius 1 is 1.12 bits per heavy atom. The minimum atomic E-state index is -4.34. The zero-order valence-electron chi connectivity index (χ0n) is 14.0. The van der Waals surface area contributed by atoms with Crippen molar-refractivity contribution in [3.05, 3.63) is 69.7 Å². The van der Waals surface area contributed by atoms with Crippen molar-refractivity contribution in [2.45, 2.75) is 24.6 Å². The lowest BCUT2D eigenvalue weighted by atomic mass is 9.76. The van der Waals surface area contributed by atoms with Gasteiger partial charge in [0.25, 0.3) is 0 Å². The zero-order chi connectivity index (χ0) is 18.5. The number of benzene rings is 2. The first-order valence-corrected chi connectivity index (χ1v) is 9.15. The summed E-state index contributed by atoms with van der Waals surface area (Å²) in [6.07, 6.45) is 0.566. The van der Waals surface area contributed by atoms with Crippen LogP contribution in [0.15, 0.2) is 53.0 Å². The molecule has 1 heterocycles. The summed E-state index contributed by atoms with van der Waals surface area (Å²) in [5.74, 6) is 0.878. The second kappa shape index (κ2) is 6.34. The molecule has 3 atom stereocenters. The molecule has 0 amide bonds. The second-order valence-corrected chi connectivity index (χ2v) is 7.58. The topological polar surface area (TPSA) is 21.3 Å². The van der Waals surface area contributed by atoms with E-state index in [-0.39, 0.29) is 17.9 Å². The number of rotatable bonds is 2. The quantitative estimate of drug-likeness (QED) is 0.571. The molecule has 0 radical (unpaired) electrons. The van der Waals surface area contributed by atoms with Crippen molar-refractivity contribution in [2.75, 3.05) is 12.4 Å². The van der Waals surface area contributed by atoms with Crippen LogP contribution in [0.3, 0.4) is 0 Å². The highest BCUT2D eigenvalue weighted by Crippen LogP contribution is 2.52. The number of nitrogens with one attached hydrogen (secondary N) is 1. The molecule has 0 unspecified atom stereocenters. The number of anilines is 1. The Kier molecular flexibility index (Phi) is 4.26. The van der Waals surface area contributed by atoms with Crippen LogP contribution in [-0.2, 0) is 6.18 Å². The van der Waals surface area contributed by atoms with Gasteiger partial charge in [-0.1, -0.05) is 28.1 Å². The standard InChI is InChI=1S/C20H17BrF3NO/c1-26-18-8-6-12(21)10-16(18)19-14-4-2-3-13(14)15-9-11(20(22,23)24)5-7-17(15)25-19/h2-3,5-10,13-14,19,25H,4H2,1H3/t13-,14+,19-/m1/s1. The van der Waals surface area contributed by atoms with Crippen molar-refractivity contribution in [3.63, 3.8) is 0 Å². The van der Waals surface area contributed by atoms with Crippen LogP contribution in [-0.4, -0.2) is 7.11 Å². The van der Waals surface area contributed by atoms with Crippen molar-refractivity contribution < 1.29 is 17.9 Å². The van der Waals surface area contributed by atoms with E-state index in [4.69, 9.17) is 4.74 Å². The number of ether oxygens (including phenoxy) is 1. The maximum atomic E-state index is 13.1. The molecule has 0 saturated carbocycles. The van der Waals surface area contributed by atoms with Crippen LogP contribution in [0.5, 0.6) is 5.75 Å². The number of methoxy groups -OCH3 is 1. The van der Waals surface area contributed by atoms with Gasteiger partial charge < -0.3 is 10.1 Å². The molecule has 1 aliphatic carbocycles. The van der Waals surface area contributed by atoms with E-state index < -0.39 is 11.7 Å². The molecule has 26 heavy (non-hydrogen) atoms. The fourth-order valence-corrected chi connectivity index (χ4v) is 4.41. The number of hydrogen-bond acceptors (Lipinski definition) is 2. The minimum Gasteiger partial charge on any atom is -0.496 e. The van der Waals surface area contributed by atoms with Gasteiger partial charge in [-0.15, -0.1) is 0 Å². The Hall–Kier alpha value is -1.95. The number of alkyl halides is 3. The summed E-state index contributed by atoms with van der Waals surface area (Å²) in [4.78, 5) is 0. The molecule has 0 bridgehead atoms. The number of hydrogen-bond donors (Lipinski definition) is 1. The van der Waals surface area contributed by atoms with Gasteiger partial charge in [-0.05, 0) is 54.3 Å². The second-order valence-electron chi connectivity index (χ2n) is 6.66. The maximum absolute atomic E-state index is 13.1. The summed E-state index contributed by atoms with van der Waals surface area (Å²) in [5, 5.41) is 3.46. The third kappa shape index (κ3) is 2.90. The van der Waals surface area contributed by atoms with Gasteiger partial charge >= 0.3 is 6.18 Å². The molecule has 0 aromatic heterocycles. The van der Waals surface area contributed by atoms with Crippen molar-refractivity contribution in [1.82, 2.24) is 0 Å². The molecular formula is C20H17BrF3NO. The van der Waals surface area contributed by atoms with Gasteiger partial charge in [-0.3, -0.25) is 0 Å². The van der Waals surface area contributed by atoms with E-state index in [1.165, 1.54) is 12.1 Å². The predicted molar refractivity (Wildman–Crippen MR) is 98.5 cm³/mol. The fourth-order valence-electron chi connectivity index (χ4n) is 4.03. The van der Waals surface area contributed by atoms with Gasteiger partial charge in [0.2, 0.25) is 0 Å². The van der Waals surface area contributed by atoms with Crippen molar-refractivity contribution in [2.24, 2.45) is 5.92 Å². The Labute approximate surface area is 158 Å². The van der Waals surface area contributed by atoms with E-state index in [1.54, 1.807) is 7.11 Å². The molecule has 2 aliphatic rings. The van der Waals surface area contributed by atoms with Crippen molar-refractivity contribution >= 4 is 21.6 Å². The molecule has 136 valence electrons. The minimum absolute atomic E-state index is 0.0355. The summed E-state index contributed by atoms with van der Waals surface area (Å²) in [7, 11) is 1.63. The first-order valence-electron chi connectivity index (χ1n) is 8.36. The first kappa shape index (κ1) is 17.5. The van der Waals surface area contributed by atoms with Gasteiger partial charge in [0.15, 0.2) is 0 Å². The Morgan fingerprint density at radius 2 is 1.92 bits per heavy atom. The van der Waals surface area contributed by atoms with E-state index in [2.05, 4.69) is 27.3 Å². The van der Waals surface area contributed by atoms with Crippen LogP contribution in [0.4, 0.5) is 18.9 Å². The third-order valence-electron chi connectivity index (χ3n) is 5.22. The maximum Gasteiger partial charge on any atom is 0.416 e. The van der Waals surface area contributed by atoms with E-state index in [0.717, 1.165) is 34.0 Å². The highest BCUT2D eigenvalue weighted by molar-refractivity contribution is 9.10. The fraction of sp³-hybridized carbons (Fsp3) is 0.300. The molecule has 2 aromatic carbocycles. The average Bonchev–Trinajstić information content (AvgIpc) is 3.09. The van der Waals surface area contributed by atoms with Crippen LogP contribution in [0.1, 0.15) is 35.1 Å². The lowest BCUT2D eigenvalue weighted by Crippen LogP contribution is -2.29. The Morgan fingerprint density at radius 3 is 2.65 bits per heavy atom. The van der Waals surface area contributed by atoms with Crippen molar-refractivity contribution in [3.8, 4) is 5.75 Å². The molecule has 2 aromatic rings. The molecule has 0 fully saturated rings. The summed E-state index contributed by atoms with van der Waals surface area (Å²) < 4.78 is 45.8. The van der Waals surface area contributed by atoms with Gasteiger partial charge in [-0.25, -0.2) is 0 Å². The van der Waals surface area contributed by atoms with E-state index in [1.807, 2.05) is 24.3 Å². The zero-order valence-corrected chi connectivity index (χ0v) is 15.6. The Balaban J connectivity index is 1.80. The van der Waals surface area contributed by atoms with E-state index >= 15 is 0 Å². The Bertz CT molecular complexity index is 878. The average molecular weight is 424 g/mol. The molecule has 0 saturated heterocycles. The van der Waals surface area contributed by atoms with Gasteiger partial charge in [0, 0.05) is 21.6 Å². The monoisotopic (exact) mass is 423 g/mol. The van der Waals surface area contributed by atoms with E-state index in [0.29, 0.717) is 5.56 Å². The van der Waals surface area contributed by atoms with Crippen LogP contribution in [0.2, 0.25) is 0 Å². The molecule has 2 nitrogen and oxygen atoms in total.